The Hall–Kier alpha value is -1.36. The molecule has 0 aromatic carbocycles. The maximum absolute atomic E-state index is 11.8. The normalized spacial score (nSPS) is 18.9. The lowest BCUT2D eigenvalue weighted by molar-refractivity contribution is 0.0906. The van der Waals surface area contributed by atoms with E-state index in [0.29, 0.717) is 18.2 Å². The van der Waals surface area contributed by atoms with Crippen molar-refractivity contribution in [1.82, 2.24) is 10.5 Å². The number of hydrogen-bond acceptors (Lipinski definition) is 4. The van der Waals surface area contributed by atoms with E-state index in [9.17, 15) is 4.79 Å². The van der Waals surface area contributed by atoms with Gasteiger partial charge in [0.15, 0.2) is 5.69 Å². The Morgan fingerprint density at radius 2 is 2.29 bits per heavy atom. The summed E-state index contributed by atoms with van der Waals surface area (Å²) in [6.45, 7) is 0.480. The fourth-order valence-corrected chi connectivity index (χ4v) is 2.48. The van der Waals surface area contributed by atoms with Crippen LogP contribution in [0.1, 0.15) is 42.6 Å². The Bertz CT molecular complexity index is 345. The second-order valence-electron chi connectivity index (χ2n) is 4.60. The van der Waals surface area contributed by atoms with Gasteiger partial charge in [0.25, 0.3) is 5.91 Å². The van der Waals surface area contributed by atoms with Crippen LogP contribution in [0, 0.1) is 5.92 Å². The van der Waals surface area contributed by atoms with Gasteiger partial charge in [-0.3, -0.25) is 4.79 Å². The number of amides is 1. The van der Waals surface area contributed by atoms with Gasteiger partial charge in [0.05, 0.1) is 0 Å². The molecule has 5 nitrogen and oxygen atoms in total. The average molecular weight is 237 g/mol. The molecule has 1 atom stereocenters. The van der Waals surface area contributed by atoms with E-state index in [2.05, 4.69) is 15.0 Å². The van der Waals surface area contributed by atoms with Crippen LogP contribution in [0.2, 0.25) is 0 Å². The van der Waals surface area contributed by atoms with E-state index in [1.165, 1.54) is 25.5 Å². The summed E-state index contributed by atoms with van der Waals surface area (Å²) in [6, 6.07) is 1.61. The molecule has 3 N–H and O–H groups in total. The van der Waals surface area contributed by atoms with Gasteiger partial charge in [-0.15, -0.1) is 0 Å². The van der Waals surface area contributed by atoms with Crippen molar-refractivity contribution in [2.75, 3.05) is 6.54 Å². The SMILES string of the molecule is NCC(NC(=O)c1ccon1)C1CCCCC1. The molecule has 2 rings (SSSR count). The van der Waals surface area contributed by atoms with E-state index >= 15 is 0 Å². The summed E-state index contributed by atoms with van der Waals surface area (Å²) in [4.78, 5) is 11.8. The molecule has 1 amide bonds. The van der Waals surface area contributed by atoms with Crippen molar-refractivity contribution in [2.45, 2.75) is 38.1 Å². The first-order chi connectivity index (χ1) is 8.31. The molecule has 0 spiro atoms. The molecule has 1 aliphatic rings. The Balaban J connectivity index is 1.92. The van der Waals surface area contributed by atoms with Crippen molar-refractivity contribution in [2.24, 2.45) is 11.7 Å². The molecule has 1 aliphatic carbocycles. The molecule has 0 radical (unpaired) electrons. The zero-order valence-corrected chi connectivity index (χ0v) is 9.89. The Morgan fingerprint density at radius 1 is 1.53 bits per heavy atom. The van der Waals surface area contributed by atoms with Crippen LogP contribution >= 0.6 is 0 Å². The molecule has 0 bridgehead atoms. The van der Waals surface area contributed by atoms with Crippen LogP contribution in [0.25, 0.3) is 0 Å². The minimum atomic E-state index is -0.195. The molecule has 1 aromatic heterocycles. The molecule has 1 heterocycles. The predicted octanol–water partition coefficient (Wildman–Crippen LogP) is 1.31. The third-order valence-electron chi connectivity index (χ3n) is 3.46. The number of hydrogen-bond donors (Lipinski definition) is 2. The fourth-order valence-electron chi connectivity index (χ4n) is 2.48. The maximum Gasteiger partial charge on any atom is 0.273 e. The Kier molecular flexibility index (Phi) is 4.14. The monoisotopic (exact) mass is 237 g/mol. The van der Waals surface area contributed by atoms with E-state index in [0.717, 1.165) is 12.8 Å². The highest BCUT2D eigenvalue weighted by Gasteiger charge is 2.24. The topological polar surface area (TPSA) is 81.1 Å². The van der Waals surface area contributed by atoms with Gasteiger partial charge < -0.3 is 15.6 Å². The number of nitrogens with two attached hydrogens (primary N) is 1. The van der Waals surface area contributed by atoms with Crippen LogP contribution in [-0.4, -0.2) is 23.7 Å². The highest BCUT2D eigenvalue weighted by atomic mass is 16.5. The highest BCUT2D eigenvalue weighted by Crippen LogP contribution is 2.26. The van der Waals surface area contributed by atoms with E-state index in [1.807, 2.05) is 0 Å². The summed E-state index contributed by atoms with van der Waals surface area (Å²) >= 11 is 0. The summed E-state index contributed by atoms with van der Waals surface area (Å²) in [5.74, 6) is 0.310. The van der Waals surface area contributed by atoms with Crippen molar-refractivity contribution in [3.8, 4) is 0 Å². The summed E-state index contributed by atoms with van der Waals surface area (Å²) < 4.78 is 4.65. The second-order valence-corrected chi connectivity index (χ2v) is 4.60. The summed E-state index contributed by atoms with van der Waals surface area (Å²) in [6.07, 6.45) is 7.47. The van der Waals surface area contributed by atoms with Crippen LogP contribution in [0.3, 0.4) is 0 Å². The van der Waals surface area contributed by atoms with E-state index < -0.39 is 0 Å². The van der Waals surface area contributed by atoms with Gasteiger partial charge in [0.2, 0.25) is 0 Å². The molecule has 1 fully saturated rings. The molecule has 1 aromatic rings. The first-order valence-corrected chi connectivity index (χ1v) is 6.22. The van der Waals surface area contributed by atoms with E-state index in [4.69, 9.17) is 5.73 Å². The number of carbonyl (C=O) groups excluding carboxylic acids is 1. The van der Waals surface area contributed by atoms with Crippen LogP contribution in [-0.2, 0) is 0 Å². The van der Waals surface area contributed by atoms with Crippen LogP contribution in [0.4, 0.5) is 0 Å². The number of carbonyl (C=O) groups is 1. The lowest BCUT2D eigenvalue weighted by Gasteiger charge is -2.29. The smallest absolute Gasteiger partial charge is 0.273 e. The van der Waals surface area contributed by atoms with Crippen molar-refractivity contribution < 1.29 is 9.32 Å². The van der Waals surface area contributed by atoms with Gasteiger partial charge in [-0.05, 0) is 18.8 Å². The number of nitrogens with zero attached hydrogens (tertiary/aromatic N) is 1. The molecule has 17 heavy (non-hydrogen) atoms. The number of rotatable bonds is 4. The average Bonchev–Trinajstić information content (AvgIpc) is 2.90. The summed E-state index contributed by atoms with van der Waals surface area (Å²) in [7, 11) is 0. The summed E-state index contributed by atoms with van der Waals surface area (Å²) in [5.41, 5.74) is 6.07. The van der Waals surface area contributed by atoms with Gasteiger partial charge in [0.1, 0.15) is 6.26 Å². The molecule has 5 heteroatoms. The van der Waals surface area contributed by atoms with Crippen LogP contribution < -0.4 is 11.1 Å². The molecule has 1 unspecified atom stereocenters. The third kappa shape index (κ3) is 3.06. The van der Waals surface area contributed by atoms with Crippen LogP contribution in [0.15, 0.2) is 16.9 Å². The minimum Gasteiger partial charge on any atom is -0.364 e. The summed E-state index contributed by atoms with van der Waals surface area (Å²) in [5, 5.41) is 6.57. The van der Waals surface area contributed by atoms with E-state index in [-0.39, 0.29) is 11.9 Å². The predicted molar refractivity (Wildman–Crippen MR) is 63.4 cm³/mol. The zero-order valence-electron chi connectivity index (χ0n) is 9.89. The van der Waals surface area contributed by atoms with E-state index in [1.54, 1.807) is 6.07 Å². The van der Waals surface area contributed by atoms with Gasteiger partial charge in [-0.25, -0.2) is 0 Å². The first kappa shape index (κ1) is 12.1. The van der Waals surface area contributed by atoms with Gasteiger partial charge in [-0.2, -0.15) is 0 Å². The Labute approximate surface area is 101 Å². The molecule has 1 saturated carbocycles. The zero-order chi connectivity index (χ0) is 12.1. The lowest BCUT2D eigenvalue weighted by Crippen LogP contribution is -2.46. The molecule has 0 saturated heterocycles. The quantitative estimate of drug-likeness (QED) is 0.827. The highest BCUT2D eigenvalue weighted by molar-refractivity contribution is 5.92. The second kappa shape index (κ2) is 5.82. The minimum absolute atomic E-state index is 0.0551. The van der Waals surface area contributed by atoms with Crippen molar-refractivity contribution in [3.05, 3.63) is 18.0 Å². The standard InChI is InChI=1S/C12H19N3O2/c13-8-11(9-4-2-1-3-5-9)14-12(16)10-6-7-17-15-10/h6-7,9,11H,1-5,8,13H2,(H,14,16). The van der Waals surface area contributed by atoms with Gasteiger partial charge in [0, 0.05) is 18.7 Å². The molecule has 94 valence electrons. The molecule has 0 aliphatic heterocycles. The van der Waals surface area contributed by atoms with Crippen molar-refractivity contribution in [3.63, 3.8) is 0 Å². The molecular formula is C12H19N3O2. The third-order valence-corrected chi connectivity index (χ3v) is 3.46. The molecular weight excluding hydrogens is 218 g/mol. The van der Waals surface area contributed by atoms with Crippen molar-refractivity contribution >= 4 is 5.91 Å². The number of aromatic nitrogens is 1. The van der Waals surface area contributed by atoms with Crippen LogP contribution in [0.5, 0.6) is 0 Å². The first-order valence-electron chi connectivity index (χ1n) is 6.22. The largest absolute Gasteiger partial charge is 0.364 e. The Morgan fingerprint density at radius 3 is 2.88 bits per heavy atom. The van der Waals surface area contributed by atoms with Crippen molar-refractivity contribution in [1.29, 1.82) is 0 Å². The lowest BCUT2D eigenvalue weighted by atomic mass is 9.84. The maximum atomic E-state index is 11.8. The fraction of sp³-hybridized carbons (Fsp3) is 0.667. The van der Waals surface area contributed by atoms with Gasteiger partial charge >= 0.3 is 0 Å². The number of nitrogens with one attached hydrogen (secondary N) is 1. The van der Waals surface area contributed by atoms with Gasteiger partial charge in [-0.1, -0.05) is 24.4 Å².